The summed E-state index contributed by atoms with van der Waals surface area (Å²) in [4.78, 5) is 8.04. The van der Waals surface area contributed by atoms with E-state index in [2.05, 4.69) is 45.2 Å². The van der Waals surface area contributed by atoms with Crippen molar-refractivity contribution in [3.63, 3.8) is 0 Å². The molecule has 1 atom stereocenters. The molecule has 0 N–H and O–H groups in total. The van der Waals surface area contributed by atoms with Crippen LogP contribution in [0.1, 0.15) is 35.6 Å². The monoisotopic (exact) mass is 393 g/mol. The minimum atomic E-state index is -0.0364. The number of oxazole rings is 1. The highest BCUT2D eigenvalue weighted by molar-refractivity contribution is 5.67. The van der Waals surface area contributed by atoms with Gasteiger partial charge in [0, 0.05) is 18.6 Å². The molecule has 5 rings (SSSR count). The molecule has 8 nitrogen and oxygen atoms in total. The van der Waals surface area contributed by atoms with E-state index in [1.54, 1.807) is 24.4 Å². The van der Waals surface area contributed by atoms with Crippen molar-refractivity contribution in [2.24, 2.45) is 5.92 Å². The van der Waals surface area contributed by atoms with E-state index in [0.717, 1.165) is 22.8 Å². The fourth-order valence-electron chi connectivity index (χ4n) is 3.50. The van der Waals surface area contributed by atoms with Gasteiger partial charge in [0.2, 0.25) is 5.89 Å². The summed E-state index contributed by atoms with van der Waals surface area (Å²) in [5.74, 6) is 2.69. The van der Waals surface area contributed by atoms with Crippen LogP contribution in [-0.4, -0.2) is 33.3 Å². The summed E-state index contributed by atoms with van der Waals surface area (Å²) in [6, 6.07) is 8.34. The Hall–Kier alpha value is -3.13. The molecule has 1 aliphatic heterocycles. The summed E-state index contributed by atoms with van der Waals surface area (Å²) < 4.78 is 16.9. The van der Waals surface area contributed by atoms with Gasteiger partial charge in [-0.25, -0.2) is 4.98 Å². The van der Waals surface area contributed by atoms with Gasteiger partial charge in [-0.05, 0) is 25.8 Å². The Labute approximate surface area is 168 Å². The van der Waals surface area contributed by atoms with Gasteiger partial charge in [-0.3, -0.25) is 4.90 Å². The number of benzene rings is 1. The van der Waals surface area contributed by atoms with Crippen molar-refractivity contribution < 1.29 is 13.9 Å². The number of hydrogen-bond donors (Lipinski definition) is 0. The summed E-state index contributed by atoms with van der Waals surface area (Å²) in [6.45, 7) is 2.87. The molecule has 8 heteroatoms. The topological polar surface area (TPSA) is 78.4 Å². The number of ether oxygens (including phenoxy) is 2. The van der Waals surface area contributed by atoms with Gasteiger partial charge in [-0.15, -0.1) is 5.10 Å². The lowest BCUT2D eigenvalue weighted by Crippen LogP contribution is -2.30. The first-order chi connectivity index (χ1) is 14.2. The maximum Gasteiger partial charge on any atom is 0.217 e. The van der Waals surface area contributed by atoms with Crippen molar-refractivity contribution >= 4 is 11.6 Å². The van der Waals surface area contributed by atoms with Crippen molar-refractivity contribution in [1.82, 2.24) is 20.0 Å². The molecular formula is C21H23N5O3. The van der Waals surface area contributed by atoms with Crippen LogP contribution in [0.3, 0.4) is 0 Å². The fraction of sp³-hybridized carbons (Fsp3) is 0.381. The van der Waals surface area contributed by atoms with Crippen LogP contribution in [-0.2, 0) is 22.6 Å². The second-order valence-electron chi connectivity index (χ2n) is 7.51. The molecule has 0 bridgehead atoms. The molecule has 3 aromatic rings. The van der Waals surface area contributed by atoms with E-state index in [1.165, 1.54) is 18.4 Å². The van der Waals surface area contributed by atoms with E-state index in [0.29, 0.717) is 25.0 Å². The van der Waals surface area contributed by atoms with Gasteiger partial charge in [-0.2, -0.15) is 9.90 Å². The molecular weight excluding hydrogens is 370 g/mol. The molecule has 1 unspecified atom stereocenters. The molecule has 1 aliphatic carbocycles. The lowest BCUT2D eigenvalue weighted by molar-refractivity contribution is 0.168. The normalized spacial score (nSPS) is 18.8. The van der Waals surface area contributed by atoms with Gasteiger partial charge < -0.3 is 13.9 Å². The average molecular weight is 393 g/mol. The number of rotatable bonds is 7. The fourth-order valence-corrected chi connectivity index (χ4v) is 3.50. The van der Waals surface area contributed by atoms with Crippen LogP contribution >= 0.6 is 0 Å². The van der Waals surface area contributed by atoms with Gasteiger partial charge in [0.1, 0.15) is 24.3 Å². The minimum absolute atomic E-state index is 0.0364. The minimum Gasteiger partial charge on any atom is -0.468 e. The zero-order valence-electron chi connectivity index (χ0n) is 16.5. The maximum absolute atomic E-state index is 6.32. The number of methoxy groups -OCH3 is 1. The van der Waals surface area contributed by atoms with E-state index < -0.39 is 0 Å². The van der Waals surface area contributed by atoms with E-state index in [9.17, 15) is 0 Å². The predicted molar refractivity (Wildman–Crippen MR) is 106 cm³/mol. The van der Waals surface area contributed by atoms with E-state index in [4.69, 9.17) is 13.9 Å². The SMILES string of the molecule is COCc1coc(Cn2ncc(N3C=C(c4cccc(C)c4)OC3C3CC3)n2)n1. The number of hydrogen-bond acceptors (Lipinski definition) is 7. The Kier molecular flexibility index (Phi) is 4.55. The molecule has 150 valence electrons. The molecule has 3 heterocycles. The Morgan fingerprint density at radius 2 is 2.17 bits per heavy atom. The van der Waals surface area contributed by atoms with E-state index >= 15 is 0 Å². The second-order valence-corrected chi connectivity index (χ2v) is 7.51. The Morgan fingerprint density at radius 3 is 2.97 bits per heavy atom. The van der Waals surface area contributed by atoms with Crippen LogP contribution in [0.15, 0.2) is 47.3 Å². The summed E-state index contributed by atoms with van der Waals surface area (Å²) >= 11 is 0. The van der Waals surface area contributed by atoms with Gasteiger partial charge in [-0.1, -0.05) is 23.8 Å². The van der Waals surface area contributed by atoms with Crippen LogP contribution < -0.4 is 4.90 Å². The third-order valence-corrected chi connectivity index (χ3v) is 5.06. The van der Waals surface area contributed by atoms with Gasteiger partial charge in [0.05, 0.1) is 19.0 Å². The van der Waals surface area contributed by atoms with Crippen LogP contribution in [0.25, 0.3) is 5.76 Å². The van der Waals surface area contributed by atoms with Gasteiger partial charge >= 0.3 is 0 Å². The van der Waals surface area contributed by atoms with Crippen molar-refractivity contribution in [3.8, 4) is 0 Å². The highest BCUT2D eigenvalue weighted by Gasteiger charge is 2.41. The second kappa shape index (κ2) is 7.36. The lowest BCUT2D eigenvalue weighted by Gasteiger charge is -2.21. The molecule has 1 fully saturated rings. The summed E-state index contributed by atoms with van der Waals surface area (Å²) in [7, 11) is 1.63. The first kappa shape index (κ1) is 17.9. The number of aryl methyl sites for hydroxylation is 1. The van der Waals surface area contributed by atoms with Crippen LogP contribution in [0, 0.1) is 12.8 Å². The lowest BCUT2D eigenvalue weighted by atomic mass is 10.1. The highest BCUT2D eigenvalue weighted by atomic mass is 16.5. The van der Waals surface area contributed by atoms with Crippen molar-refractivity contribution in [1.29, 1.82) is 0 Å². The Bertz CT molecular complexity index is 1040. The molecule has 0 radical (unpaired) electrons. The van der Waals surface area contributed by atoms with Crippen LogP contribution in [0.2, 0.25) is 0 Å². The first-order valence-electron chi connectivity index (χ1n) is 9.76. The number of nitrogens with zero attached hydrogens (tertiary/aromatic N) is 5. The molecule has 0 amide bonds. The standard InChI is InChI=1S/C21H23N5O3/c1-14-4-3-5-16(8-14)18-10-25(21(29-18)15-6-7-15)19-9-22-26(24-19)11-20-23-17(12-27-2)13-28-20/h3-5,8-10,13,15,21H,6-7,11-12H2,1-2H3. The molecule has 1 aromatic carbocycles. The molecule has 0 spiro atoms. The Morgan fingerprint density at radius 1 is 1.28 bits per heavy atom. The van der Waals surface area contributed by atoms with Gasteiger partial charge in [0.25, 0.3) is 0 Å². The number of aromatic nitrogens is 4. The third kappa shape index (κ3) is 3.75. The largest absolute Gasteiger partial charge is 0.468 e. The zero-order chi connectivity index (χ0) is 19.8. The first-order valence-corrected chi connectivity index (χ1v) is 9.76. The number of anilines is 1. The predicted octanol–water partition coefficient (Wildman–Crippen LogP) is 3.34. The van der Waals surface area contributed by atoms with Crippen molar-refractivity contribution in [2.75, 3.05) is 12.0 Å². The van der Waals surface area contributed by atoms with Gasteiger partial charge in [0.15, 0.2) is 12.0 Å². The van der Waals surface area contributed by atoms with Crippen molar-refractivity contribution in [3.05, 3.63) is 65.6 Å². The Balaban J connectivity index is 1.37. The third-order valence-electron chi connectivity index (χ3n) is 5.06. The molecule has 2 aromatic heterocycles. The van der Waals surface area contributed by atoms with Crippen LogP contribution in [0.4, 0.5) is 5.82 Å². The molecule has 0 saturated heterocycles. The highest BCUT2D eigenvalue weighted by Crippen LogP contribution is 2.43. The summed E-state index contributed by atoms with van der Waals surface area (Å²) in [6.07, 6.45) is 7.69. The summed E-state index contributed by atoms with van der Waals surface area (Å²) in [5.41, 5.74) is 3.04. The smallest absolute Gasteiger partial charge is 0.217 e. The van der Waals surface area contributed by atoms with E-state index in [1.807, 2.05) is 12.3 Å². The van der Waals surface area contributed by atoms with Crippen LogP contribution in [0.5, 0.6) is 0 Å². The molecule has 29 heavy (non-hydrogen) atoms. The molecule has 2 aliphatic rings. The average Bonchev–Trinajstić information content (AvgIpc) is 3.11. The van der Waals surface area contributed by atoms with Crippen molar-refractivity contribution in [2.45, 2.75) is 39.1 Å². The maximum atomic E-state index is 6.32. The molecule has 1 saturated carbocycles. The quantitative estimate of drug-likeness (QED) is 0.609. The summed E-state index contributed by atoms with van der Waals surface area (Å²) in [5, 5.41) is 9.01. The zero-order valence-corrected chi connectivity index (χ0v) is 16.5. The van der Waals surface area contributed by atoms with E-state index in [-0.39, 0.29) is 6.23 Å².